The monoisotopic (exact) mass is 394 g/mol. The minimum atomic E-state index is -0.194. The summed E-state index contributed by atoms with van der Waals surface area (Å²) in [7, 11) is 0. The number of aromatic nitrogens is 1. The number of carbonyl (C=O) groups is 1. The number of amides is 1. The molecule has 0 fully saturated rings. The molecule has 0 aliphatic heterocycles. The summed E-state index contributed by atoms with van der Waals surface area (Å²) in [6.45, 7) is 0. The first-order valence-electron chi connectivity index (χ1n) is 6.93. The number of rotatable bonds is 4. The second kappa shape index (κ2) is 7.57. The van der Waals surface area contributed by atoms with E-state index >= 15 is 0 Å². The minimum Gasteiger partial charge on any atom is -0.298 e. The van der Waals surface area contributed by atoms with Crippen LogP contribution in [0.3, 0.4) is 0 Å². The van der Waals surface area contributed by atoms with Gasteiger partial charge in [-0.25, -0.2) is 4.98 Å². The van der Waals surface area contributed by atoms with E-state index < -0.39 is 0 Å². The number of carbonyl (C=O) groups excluding carboxylic acids is 1. The average molecular weight is 395 g/mol. The molecule has 122 valence electrons. The van der Waals surface area contributed by atoms with Crippen LogP contribution in [-0.2, 0) is 0 Å². The molecule has 0 saturated carbocycles. The Balaban J connectivity index is 1.78. The molecule has 1 N–H and O–H groups in total. The Morgan fingerprint density at radius 1 is 1.17 bits per heavy atom. The number of benzene rings is 2. The van der Waals surface area contributed by atoms with Crippen LogP contribution in [0.1, 0.15) is 10.4 Å². The highest BCUT2D eigenvalue weighted by molar-refractivity contribution is 7.98. The molecule has 1 amide bonds. The third kappa shape index (κ3) is 3.92. The highest BCUT2D eigenvalue weighted by atomic mass is 35.5. The molecule has 0 unspecified atom stereocenters. The molecule has 1 heterocycles. The average Bonchev–Trinajstić information content (AvgIpc) is 3.05. The summed E-state index contributed by atoms with van der Waals surface area (Å²) in [5.74, 6) is -0.194. The van der Waals surface area contributed by atoms with E-state index in [0.717, 1.165) is 10.5 Å². The summed E-state index contributed by atoms with van der Waals surface area (Å²) >= 11 is 15.2. The van der Waals surface area contributed by atoms with Crippen LogP contribution < -0.4 is 5.32 Å². The van der Waals surface area contributed by atoms with Crippen molar-refractivity contribution in [2.45, 2.75) is 4.90 Å². The Bertz CT molecular complexity index is 879. The number of anilines is 1. The predicted octanol–water partition coefficient (Wildman–Crippen LogP) is 6.09. The van der Waals surface area contributed by atoms with Crippen molar-refractivity contribution < 1.29 is 4.79 Å². The SMILES string of the molecule is CSc1ccc(C(=O)Nc2nc(-c3cc(Cl)ccc3Cl)cs2)cc1. The quantitative estimate of drug-likeness (QED) is 0.544. The lowest BCUT2D eigenvalue weighted by atomic mass is 10.2. The molecule has 0 aliphatic carbocycles. The van der Waals surface area contributed by atoms with Gasteiger partial charge < -0.3 is 0 Å². The summed E-state index contributed by atoms with van der Waals surface area (Å²) < 4.78 is 0. The minimum absolute atomic E-state index is 0.194. The van der Waals surface area contributed by atoms with Gasteiger partial charge in [0.05, 0.1) is 10.7 Å². The molecule has 0 radical (unpaired) electrons. The van der Waals surface area contributed by atoms with Crippen molar-refractivity contribution in [3.63, 3.8) is 0 Å². The second-order valence-electron chi connectivity index (χ2n) is 4.84. The van der Waals surface area contributed by atoms with Crippen LogP contribution in [0.15, 0.2) is 52.7 Å². The zero-order valence-corrected chi connectivity index (χ0v) is 15.7. The fourth-order valence-corrected chi connectivity index (χ4v) is 3.56. The summed E-state index contributed by atoms with van der Waals surface area (Å²) in [5.41, 5.74) is 2.01. The summed E-state index contributed by atoms with van der Waals surface area (Å²) in [6.07, 6.45) is 1.99. The third-order valence-electron chi connectivity index (χ3n) is 3.28. The maximum Gasteiger partial charge on any atom is 0.257 e. The molecule has 0 saturated heterocycles. The van der Waals surface area contributed by atoms with Gasteiger partial charge >= 0.3 is 0 Å². The lowest BCUT2D eigenvalue weighted by molar-refractivity contribution is 0.102. The van der Waals surface area contributed by atoms with Gasteiger partial charge in [-0.3, -0.25) is 10.1 Å². The van der Waals surface area contributed by atoms with E-state index in [-0.39, 0.29) is 5.91 Å². The molecule has 3 aromatic rings. The normalized spacial score (nSPS) is 10.6. The Morgan fingerprint density at radius 3 is 2.62 bits per heavy atom. The predicted molar refractivity (Wildman–Crippen MR) is 104 cm³/mol. The van der Waals surface area contributed by atoms with Crippen molar-refractivity contribution in [1.29, 1.82) is 0 Å². The smallest absolute Gasteiger partial charge is 0.257 e. The first-order chi connectivity index (χ1) is 11.6. The van der Waals surface area contributed by atoms with Gasteiger partial charge in [0.1, 0.15) is 0 Å². The topological polar surface area (TPSA) is 42.0 Å². The van der Waals surface area contributed by atoms with Gasteiger partial charge in [0, 0.05) is 26.4 Å². The second-order valence-corrected chi connectivity index (χ2v) is 7.43. The molecule has 3 nitrogen and oxygen atoms in total. The molecule has 0 aliphatic rings. The van der Waals surface area contributed by atoms with Gasteiger partial charge in [0.2, 0.25) is 0 Å². The van der Waals surface area contributed by atoms with Crippen molar-refractivity contribution >= 4 is 57.3 Å². The van der Waals surface area contributed by atoms with E-state index in [9.17, 15) is 4.79 Å². The van der Waals surface area contributed by atoms with E-state index in [1.807, 2.05) is 23.8 Å². The summed E-state index contributed by atoms with van der Waals surface area (Å²) in [5, 5.41) is 6.31. The maximum atomic E-state index is 12.3. The number of halogens is 2. The lowest BCUT2D eigenvalue weighted by Crippen LogP contribution is -2.11. The van der Waals surface area contributed by atoms with E-state index in [2.05, 4.69) is 10.3 Å². The zero-order valence-electron chi connectivity index (χ0n) is 12.5. The summed E-state index contributed by atoms with van der Waals surface area (Å²) in [6, 6.07) is 12.6. The van der Waals surface area contributed by atoms with E-state index in [1.165, 1.54) is 11.3 Å². The number of hydrogen-bond donors (Lipinski definition) is 1. The molecule has 0 spiro atoms. The van der Waals surface area contributed by atoms with Crippen LogP contribution in [0.4, 0.5) is 5.13 Å². The molecule has 0 atom stereocenters. The van der Waals surface area contributed by atoms with Crippen LogP contribution >= 0.6 is 46.3 Å². The maximum absolute atomic E-state index is 12.3. The van der Waals surface area contributed by atoms with Crippen LogP contribution in [0.2, 0.25) is 10.0 Å². The van der Waals surface area contributed by atoms with Crippen molar-refractivity contribution in [1.82, 2.24) is 4.98 Å². The van der Waals surface area contributed by atoms with E-state index in [0.29, 0.717) is 26.4 Å². The van der Waals surface area contributed by atoms with Crippen molar-refractivity contribution in [3.8, 4) is 11.3 Å². The Morgan fingerprint density at radius 2 is 1.92 bits per heavy atom. The molecular weight excluding hydrogens is 383 g/mol. The largest absolute Gasteiger partial charge is 0.298 e. The van der Waals surface area contributed by atoms with Crippen LogP contribution in [-0.4, -0.2) is 17.1 Å². The number of thioether (sulfide) groups is 1. The fourth-order valence-electron chi connectivity index (χ4n) is 2.06. The third-order valence-corrected chi connectivity index (χ3v) is 5.35. The number of hydrogen-bond acceptors (Lipinski definition) is 4. The summed E-state index contributed by atoms with van der Waals surface area (Å²) in [4.78, 5) is 17.8. The number of nitrogens with one attached hydrogen (secondary N) is 1. The molecule has 0 bridgehead atoms. The molecular formula is C17H12Cl2N2OS2. The van der Waals surface area contributed by atoms with Crippen molar-refractivity contribution in [2.75, 3.05) is 11.6 Å². The van der Waals surface area contributed by atoms with Crippen LogP contribution in [0.5, 0.6) is 0 Å². The number of nitrogens with zero attached hydrogens (tertiary/aromatic N) is 1. The molecule has 2 aromatic carbocycles. The fraction of sp³-hybridized carbons (Fsp3) is 0.0588. The standard InChI is InChI=1S/C17H12Cl2N2OS2/c1-23-12-5-2-10(3-6-12)16(22)21-17-20-15(9-24-17)13-8-11(18)4-7-14(13)19/h2-9H,1H3,(H,20,21,22). The Hall–Kier alpha value is -1.53. The Labute approximate surface area is 158 Å². The van der Waals surface area contributed by atoms with E-state index in [4.69, 9.17) is 23.2 Å². The van der Waals surface area contributed by atoms with Crippen LogP contribution in [0, 0.1) is 0 Å². The molecule has 1 aromatic heterocycles. The van der Waals surface area contributed by atoms with Gasteiger partial charge in [-0.2, -0.15) is 0 Å². The van der Waals surface area contributed by atoms with Gasteiger partial charge in [-0.15, -0.1) is 23.1 Å². The molecule has 24 heavy (non-hydrogen) atoms. The number of thiazole rings is 1. The van der Waals surface area contributed by atoms with Gasteiger partial charge in [-0.1, -0.05) is 23.2 Å². The van der Waals surface area contributed by atoms with Crippen molar-refractivity contribution in [3.05, 3.63) is 63.5 Å². The van der Waals surface area contributed by atoms with E-state index in [1.54, 1.807) is 42.1 Å². The Kier molecular flexibility index (Phi) is 5.46. The van der Waals surface area contributed by atoms with Crippen molar-refractivity contribution in [2.24, 2.45) is 0 Å². The highest BCUT2D eigenvalue weighted by Crippen LogP contribution is 2.32. The zero-order chi connectivity index (χ0) is 17.1. The first-order valence-corrected chi connectivity index (χ1v) is 9.79. The first kappa shape index (κ1) is 17.3. The van der Waals surface area contributed by atoms with Crippen LogP contribution in [0.25, 0.3) is 11.3 Å². The highest BCUT2D eigenvalue weighted by Gasteiger charge is 2.12. The lowest BCUT2D eigenvalue weighted by Gasteiger charge is -2.03. The van der Waals surface area contributed by atoms with Gasteiger partial charge in [0.25, 0.3) is 5.91 Å². The van der Waals surface area contributed by atoms with Gasteiger partial charge in [-0.05, 0) is 48.7 Å². The van der Waals surface area contributed by atoms with Gasteiger partial charge in [0.15, 0.2) is 5.13 Å². The molecule has 7 heteroatoms. The molecule has 3 rings (SSSR count).